The van der Waals surface area contributed by atoms with Crippen LogP contribution in [0.1, 0.15) is 20.3 Å². The maximum atomic E-state index is 12.1. The van der Waals surface area contributed by atoms with Gasteiger partial charge >= 0.3 is 0 Å². The second kappa shape index (κ2) is 6.74. The lowest BCUT2D eigenvalue weighted by Crippen LogP contribution is -2.14. The average molecular weight is 324 g/mol. The molecule has 0 radical (unpaired) electrons. The van der Waals surface area contributed by atoms with Crippen LogP contribution in [0.15, 0.2) is 46.9 Å². The van der Waals surface area contributed by atoms with Crippen molar-refractivity contribution in [1.29, 1.82) is 0 Å². The summed E-state index contributed by atoms with van der Waals surface area (Å²) in [5, 5.41) is 2.90. The molecule has 1 heterocycles. The van der Waals surface area contributed by atoms with Gasteiger partial charge in [-0.3, -0.25) is 4.79 Å². The molecule has 0 saturated carbocycles. The van der Waals surface area contributed by atoms with Gasteiger partial charge in [-0.05, 0) is 36.2 Å². The molecule has 5 heteroatoms. The Labute approximate surface area is 140 Å². The molecule has 0 spiro atoms. The van der Waals surface area contributed by atoms with Gasteiger partial charge in [0.05, 0.1) is 12.8 Å². The average Bonchev–Trinajstić information content (AvgIpc) is 2.98. The molecule has 0 unspecified atom stereocenters. The first-order valence-corrected chi connectivity index (χ1v) is 7.90. The maximum absolute atomic E-state index is 12.1. The quantitative estimate of drug-likeness (QED) is 0.751. The van der Waals surface area contributed by atoms with E-state index in [1.54, 1.807) is 13.2 Å². The van der Waals surface area contributed by atoms with E-state index in [1.807, 2.05) is 50.2 Å². The standard InChI is InChI=1S/C19H20N2O3/c1-12(2)10-18(22)20-15-11-13(8-9-16(15)23-3)19-21-14-6-4-5-7-17(14)24-19/h4-9,11-12H,10H2,1-3H3,(H,20,22). The number of hydrogen-bond acceptors (Lipinski definition) is 4. The smallest absolute Gasteiger partial charge is 0.227 e. The van der Waals surface area contributed by atoms with Crippen LogP contribution >= 0.6 is 0 Å². The number of benzene rings is 2. The normalized spacial score (nSPS) is 11.0. The van der Waals surface area contributed by atoms with Crippen LogP contribution in [0.3, 0.4) is 0 Å². The van der Waals surface area contributed by atoms with Crippen LogP contribution in [-0.4, -0.2) is 18.0 Å². The third-order valence-corrected chi connectivity index (χ3v) is 3.61. The number of aromatic nitrogens is 1. The molecule has 1 N–H and O–H groups in total. The highest BCUT2D eigenvalue weighted by Gasteiger charge is 2.13. The van der Waals surface area contributed by atoms with Crippen LogP contribution in [0.25, 0.3) is 22.6 Å². The number of nitrogens with one attached hydrogen (secondary N) is 1. The number of amides is 1. The van der Waals surface area contributed by atoms with E-state index in [0.717, 1.165) is 16.7 Å². The van der Waals surface area contributed by atoms with Gasteiger partial charge in [-0.2, -0.15) is 0 Å². The van der Waals surface area contributed by atoms with Crippen LogP contribution in [0.5, 0.6) is 5.75 Å². The van der Waals surface area contributed by atoms with E-state index in [9.17, 15) is 4.79 Å². The molecular formula is C19H20N2O3. The van der Waals surface area contributed by atoms with E-state index >= 15 is 0 Å². The molecule has 124 valence electrons. The summed E-state index contributed by atoms with van der Waals surface area (Å²) in [5.74, 6) is 1.36. The van der Waals surface area contributed by atoms with E-state index in [2.05, 4.69) is 10.3 Å². The number of rotatable bonds is 5. The van der Waals surface area contributed by atoms with Crippen molar-refractivity contribution < 1.29 is 13.9 Å². The Bertz CT molecular complexity index is 835. The van der Waals surface area contributed by atoms with Crippen molar-refractivity contribution >= 4 is 22.7 Å². The summed E-state index contributed by atoms with van der Waals surface area (Å²) >= 11 is 0. The first kappa shape index (κ1) is 16.1. The molecule has 3 aromatic rings. The van der Waals surface area contributed by atoms with Crippen LogP contribution in [0.4, 0.5) is 5.69 Å². The Morgan fingerprint density at radius 2 is 2.04 bits per heavy atom. The minimum atomic E-state index is -0.0435. The summed E-state index contributed by atoms with van der Waals surface area (Å²) in [6.07, 6.45) is 0.455. The summed E-state index contributed by atoms with van der Waals surface area (Å²) < 4.78 is 11.1. The second-order valence-corrected chi connectivity index (χ2v) is 6.05. The van der Waals surface area contributed by atoms with Crippen molar-refractivity contribution in [2.75, 3.05) is 12.4 Å². The molecule has 3 rings (SSSR count). The molecule has 1 amide bonds. The summed E-state index contributed by atoms with van der Waals surface area (Å²) in [5.41, 5.74) is 2.93. The van der Waals surface area contributed by atoms with E-state index < -0.39 is 0 Å². The molecule has 0 aliphatic heterocycles. The number of oxazole rings is 1. The van der Waals surface area contributed by atoms with Gasteiger partial charge in [0.1, 0.15) is 11.3 Å². The van der Waals surface area contributed by atoms with Gasteiger partial charge in [0.25, 0.3) is 0 Å². The van der Waals surface area contributed by atoms with Crippen molar-refractivity contribution in [1.82, 2.24) is 4.98 Å². The van der Waals surface area contributed by atoms with E-state index in [1.165, 1.54) is 0 Å². The van der Waals surface area contributed by atoms with E-state index in [0.29, 0.717) is 23.7 Å². The third kappa shape index (κ3) is 3.40. The highest BCUT2D eigenvalue weighted by atomic mass is 16.5. The molecule has 2 aromatic carbocycles. The summed E-state index contributed by atoms with van der Waals surface area (Å²) in [4.78, 5) is 16.6. The van der Waals surface area contributed by atoms with Gasteiger partial charge < -0.3 is 14.5 Å². The fraction of sp³-hybridized carbons (Fsp3) is 0.263. The lowest BCUT2D eigenvalue weighted by atomic mass is 10.1. The van der Waals surface area contributed by atoms with Crippen molar-refractivity contribution in [3.05, 3.63) is 42.5 Å². The van der Waals surface area contributed by atoms with Crippen LogP contribution in [0.2, 0.25) is 0 Å². The van der Waals surface area contributed by atoms with Gasteiger partial charge in [0.15, 0.2) is 5.58 Å². The number of hydrogen-bond donors (Lipinski definition) is 1. The number of nitrogens with zero attached hydrogens (tertiary/aromatic N) is 1. The largest absolute Gasteiger partial charge is 0.495 e. The maximum Gasteiger partial charge on any atom is 0.227 e. The zero-order valence-corrected chi connectivity index (χ0v) is 14.0. The fourth-order valence-corrected chi connectivity index (χ4v) is 2.51. The number of para-hydroxylation sites is 2. The molecule has 0 saturated heterocycles. The lowest BCUT2D eigenvalue weighted by molar-refractivity contribution is -0.116. The molecule has 1 aromatic heterocycles. The zero-order chi connectivity index (χ0) is 17.1. The van der Waals surface area contributed by atoms with Crippen molar-refractivity contribution in [3.8, 4) is 17.2 Å². The van der Waals surface area contributed by atoms with Crippen molar-refractivity contribution in [2.24, 2.45) is 5.92 Å². The lowest BCUT2D eigenvalue weighted by Gasteiger charge is -2.12. The predicted molar refractivity (Wildman–Crippen MR) is 94.1 cm³/mol. The molecular weight excluding hydrogens is 304 g/mol. The van der Waals surface area contributed by atoms with Gasteiger partial charge in [-0.15, -0.1) is 0 Å². The first-order chi connectivity index (χ1) is 11.6. The van der Waals surface area contributed by atoms with E-state index in [-0.39, 0.29) is 11.8 Å². The van der Waals surface area contributed by atoms with Crippen LogP contribution < -0.4 is 10.1 Å². The zero-order valence-electron chi connectivity index (χ0n) is 14.0. The van der Waals surface area contributed by atoms with E-state index in [4.69, 9.17) is 9.15 Å². The number of fused-ring (bicyclic) bond motifs is 1. The van der Waals surface area contributed by atoms with Crippen LogP contribution in [0, 0.1) is 5.92 Å². The molecule has 0 bridgehead atoms. The summed E-state index contributed by atoms with van der Waals surface area (Å²) in [7, 11) is 1.58. The van der Waals surface area contributed by atoms with Crippen LogP contribution in [-0.2, 0) is 4.79 Å². The molecule has 0 aliphatic carbocycles. The Kier molecular flexibility index (Phi) is 4.51. The second-order valence-electron chi connectivity index (χ2n) is 6.05. The van der Waals surface area contributed by atoms with Gasteiger partial charge in [0.2, 0.25) is 11.8 Å². The molecule has 0 atom stereocenters. The van der Waals surface area contributed by atoms with Gasteiger partial charge in [0, 0.05) is 12.0 Å². The Morgan fingerprint density at radius 3 is 2.75 bits per heavy atom. The monoisotopic (exact) mass is 324 g/mol. The number of carbonyl (C=O) groups is 1. The summed E-state index contributed by atoms with van der Waals surface area (Å²) in [6.45, 7) is 4.01. The molecule has 5 nitrogen and oxygen atoms in total. The van der Waals surface area contributed by atoms with Gasteiger partial charge in [-0.1, -0.05) is 26.0 Å². The van der Waals surface area contributed by atoms with Crippen molar-refractivity contribution in [3.63, 3.8) is 0 Å². The highest BCUT2D eigenvalue weighted by Crippen LogP contribution is 2.32. The number of ether oxygens (including phenoxy) is 1. The number of methoxy groups -OCH3 is 1. The number of anilines is 1. The summed E-state index contributed by atoms with van der Waals surface area (Å²) in [6, 6.07) is 13.1. The highest BCUT2D eigenvalue weighted by molar-refractivity contribution is 5.93. The fourth-order valence-electron chi connectivity index (χ4n) is 2.51. The first-order valence-electron chi connectivity index (χ1n) is 7.90. The molecule has 0 fully saturated rings. The minimum Gasteiger partial charge on any atom is -0.495 e. The third-order valence-electron chi connectivity index (χ3n) is 3.61. The number of carbonyl (C=O) groups excluding carboxylic acids is 1. The SMILES string of the molecule is COc1ccc(-c2nc3ccccc3o2)cc1NC(=O)CC(C)C. The topological polar surface area (TPSA) is 64.4 Å². The minimum absolute atomic E-state index is 0.0435. The molecule has 0 aliphatic rings. The molecule has 24 heavy (non-hydrogen) atoms. The van der Waals surface area contributed by atoms with Crippen molar-refractivity contribution in [2.45, 2.75) is 20.3 Å². The Morgan fingerprint density at radius 1 is 1.25 bits per heavy atom. The predicted octanol–water partition coefficient (Wildman–Crippen LogP) is 4.49. The Hall–Kier alpha value is -2.82. The van der Waals surface area contributed by atoms with Gasteiger partial charge in [-0.25, -0.2) is 4.98 Å². The Balaban J connectivity index is 1.94.